The van der Waals surface area contributed by atoms with Gasteiger partial charge in [-0.1, -0.05) is 6.08 Å². The Balaban J connectivity index is 3.08. The summed E-state index contributed by atoms with van der Waals surface area (Å²) in [7, 11) is 0. The molecule has 0 saturated heterocycles. The van der Waals surface area contributed by atoms with Crippen LogP contribution in [0.3, 0.4) is 0 Å². The van der Waals surface area contributed by atoms with Crippen LogP contribution in [0.15, 0.2) is 12.7 Å². The van der Waals surface area contributed by atoms with Crippen LogP contribution in [0.5, 0.6) is 0 Å². The van der Waals surface area contributed by atoms with Crippen LogP contribution in [0, 0.1) is 23.7 Å². The first-order chi connectivity index (χ1) is 7.40. The zero-order valence-electron chi connectivity index (χ0n) is 8.37. The lowest BCUT2D eigenvalue weighted by atomic mass is 9.87. The van der Waals surface area contributed by atoms with Crippen molar-refractivity contribution in [3.05, 3.63) is 12.7 Å². The Morgan fingerprint density at radius 3 is 1.81 bits per heavy atom. The van der Waals surface area contributed by atoms with Crippen molar-refractivity contribution >= 4 is 17.9 Å². The van der Waals surface area contributed by atoms with Crippen LogP contribution in [-0.2, 0) is 14.4 Å². The largest absolute Gasteiger partial charge is 0.481 e. The molecule has 6 nitrogen and oxygen atoms in total. The van der Waals surface area contributed by atoms with Crippen LogP contribution in [0.1, 0.15) is 6.42 Å². The van der Waals surface area contributed by atoms with Gasteiger partial charge in [0.2, 0.25) is 0 Å². The average Bonchev–Trinajstić information content (AvgIpc) is 2.56. The predicted molar refractivity (Wildman–Crippen MR) is 51.7 cm³/mol. The molecule has 0 bridgehead atoms. The number of carbonyl (C=O) groups is 3. The topological polar surface area (TPSA) is 112 Å². The molecule has 4 unspecified atom stereocenters. The zero-order valence-corrected chi connectivity index (χ0v) is 8.37. The van der Waals surface area contributed by atoms with E-state index in [-0.39, 0.29) is 6.42 Å². The second-order valence-corrected chi connectivity index (χ2v) is 3.80. The minimum atomic E-state index is -1.29. The molecule has 6 heteroatoms. The van der Waals surface area contributed by atoms with Gasteiger partial charge in [0.1, 0.15) is 0 Å². The molecule has 0 spiro atoms. The van der Waals surface area contributed by atoms with Crippen molar-refractivity contribution in [2.45, 2.75) is 6.42 Å². The molecule has 0 radical (unpaired) electrons. The summed E-state index contributed by atoms with van der Waals surface area (Å²) >= 11 is 0. The Bertz CT molecular complexity index is 347. The second kappa shape index (κ2) is 4.34. The second-order valence-electron chi connectivity index (χ2n) is 3.80. The first-order valence-electron chi connectivity index (χ1n) is 4.71. The minimum Gasteiger partial charge on any atom is -0.481 e. The van der Waals surface area contributed by atoms with Crippen molar-refractivity contribution in [3.8, 4) is 0 Å². The van der Waals surface area contributed by atoms with Crippen LogP contribution in [-0.4, -0.2) is 33.2 Å². The van der Waals surface area contributed by atoms with E-state index in [0.29, 0.717) is 0 Å². The van der Waals surface area contributed by atoms with E-state index in [2.05, 4.69) is 6.58 Å². The molecule has 1 rings (SSSR count). The number of carboxylic acids is 3. The number of hydrogen-bond acceptors (Lipinski definition) is 3. The lowest BCUT2D eigenvalue weighted by Gasteiger charge is -2.16. The van der Waals surface area contributed by atoms with Gasteiger partial charge < -0.3 is 15.3 Å². The molecular weight excluding hydrogens is 216 g/mol. The fraction of sp³-hybridized carbons (Fsp3) is 0.500. The van der Waals surface area contributed by atoms with Crippen LogP contribution in [0.2, 0.25) is 0 Å². The number of carboxylic acid groups (broad SMARTS) is 3. The highest BCUT2D eigenvalue weighted by atomic mass is 16.4. The molecule has 1 aliphatic carbocycles. The molecule has 0 aromatic rings. The number of rotatable bonds is 4. The fourth-order valence-electron chi connectivity index (χ4n) is 2.26. The van der Waals surface area contributed by atoms with E-state index in [1.807, 2.05) is 0 Å². The first kappa shape index (κ1) is 12.2. The lowest BCUT2D eigenvalue weighted by Crippen LogP contribution is -2.29. The summed E-state index contributed by atoms with van der Waals surface area (Å²) in [5.74, 6) is -7.95. The predicted octanol–water partition coefficient (Wildman–Crippen LogP) is 0.295. The van der Waals surface area contributed by atoms with E-state index >= 15 is 0 Å². The van der Waals surface area contributed by atoms with Crippen LogP contribution in [0.25, 0.3) is 0 Å². The van der Waals surface area contributed by atoms with Gasteiger partial charge in [0.25, 0.3) is 0 Å². The van der Waals surface area contributed by atoms with Gasteiger partial charge in [-0.05, 0) is 6.42 Å². The van der Waals surface area contributed by atoms with Crippen molar-refractivity contribution in [2.75, 3.05) is 0 Å². The van der Waals surface area contributed by atoms with Gasteiger partial charge in [-0.2, -0.15) is 0 Å². The van der Waals surface area contributed by atoms with E-state index in [1.165, 1.54) is 6.08 Å². The fourth-order valence-corrected chi connectivity index (χ4v) is 2.26. The summed E-state index contributed by atoms with van der Waals surface area (Å²) in [5, 5.41) is 26.7. The molecule has 1 aliphatic rings. The molecular formula is C10H12O6. The molecule has 4 atom stereocenters. The SMILES string of the molecule is C=CC1C(C(=O)O)CC(C(=O)O)C1C(=O)O. The molecule has 88 valence electrons. The summed E-state index contributed by atoms with van der Waals surface area (Å²) in [6, 6.07) is 0. The standard InChI is InChI=1S/C10H12O6/c1-2-4-5(8(11)12)3-6(9(13)14)7(4)10(15)16/h2,4-7H,1,3H2,(H,11,12)(H,13,14)(H,15,16). The first-order valence-corrected chi connectivity index (χ1v) is 4.71. The van der Waals surface area contributed by atoms with Gasteiger partial charge in [0.15, 0.2) is 0 Å². The van der Waals surface area contributed by atoms with Gasteiger partial charge >= 0.3 is 17.9 Å². The maximum Gasteiger partial charge on any atom is 0.307 e. The quantitative estimate of drug-likeness (QED) is 0.596. The van der Waals surface area contributed by atoms with Crippen molar-refractivity contribution in [2.24, 2.45) is 23.7 Å². The van der Waals surface area contributed by atoms with Crippen LogP contribution >= 0.6 is 0 Å². The maximum absolute atomic E-state index is 10.9. The van der Waals surface area contributed by atoms with E-state index in [4.69, 9.17) is 15.3 Å². The Labute approximate surface area is 91.2 Å². The van der Waals surface area contributed by atoms with Crippen LogP contribution < -0.4 is 0 Å². The Hall–Kier alpha value is -1.85. The molecule has 16 heavy (non-hydrogen) atoms. The van der Waals surface area contributed by atoms with E-state index in [9.17, 15) is 14.4 Å². The van der Waals surface area contributed by atoms with Gasteiger partial charge in [0, 0.05) is 5.92 Å². The summed E-state index contributed by atoms with van der Waals surface area (Å²) in [6.07, 6.45) is 1.05. The van der Waals surface area contributed by atoms with Gasteiger partial charge in [-0.15, -0.1) is 6.58 Å². The van der Waals surface area contributed by atoms with Gasteiger partial charge in [0.05, 0.1) is 17.8 Å². The third kappa shape index (κ3) is 1.91. The third-order valence-corrected chi connectivity index (χ3v) is 3.01. The summed E-state index contributed by atoms with van der Waals surface area (Å²) in [6.45, 7) is 3.38. The van der Waals surface area contributed by atoms with Gasteiger partial charge in [-0.25, -0.2) is 0 Å². The maximum atomic E-state index is 10.9. The monoisotopic (exact) mass is 228 g/mol. The summed E-state index contributed by atoms with van der Waals surface area (Å²) in [5.41, 5.74) is 0. The van der Waals surface area contributed by atoms with E-state index in [1.54, 1.807) is 0 Å². The highest BCUT2D eigenvalue weighted by Crippen LogP contribution is 2.42. The Morgan fingerprint density at radius 2 is 1.50 bits per heavy atom. The van der Waals surface area contributed by atoms with Crippen molar-refractivity contribution in [1.29, 1.82) is 0 Å². The van der Waals surface area contributed by atoms with Crippen molar-refractivity contribution < 1.29 is 29.7 Å². The Morgan fingerprint density at radius 1 is 1.00 bits per heavy atom. The van der Waals surface area contributed by atoms with Crippen LogP contribution in [0.4, 0.5) is 0 Å². The number of aliphatic carboxylic acids is 3. The molecule has 0 aromatic heterocycles. The summed E-state index contributed by atoms with van der Waals surface area (Å²) < 4.78 is 0. The molecule has 0 aliphatic heterocycles. The molecule has 0 aromatic carbocycles. The van der Waals surface area contributed by atoms with Crippen molar-refractivity contribution in [1.82, 2.24) is 0 Å². The highest BCUT2D eigenvalue weighted by Gasteiger charge is 2.51. The minimum absolute atomic E-state index is 0.168. The lowest BCUT2D eigenvalue weighted by molar-refractivity contribution is -0.153. The smallest absolute Gasteiger partial charge is 0.307 e. The normalized spacial score (nSPS) is 33.2. The zero-order chi connectivity index (χ0) is 12.5. The summed E-state index contributed by atoms with van der Waals surface area (Å²) in [4.78, 5) is 32.7. The van der Waals surface area contributed by atoms with Crippen molar-refractivity contribution in [3.63, 3.8) is 0 Å². The molecule has 0 amide bonds. The third-order valence-electron chi connectivity index (χ3n) is 3.01. The average molecular weight is 228 g/mol. The number of allylic oxidation sites excluding steroid dienone is 1. The highest BCUT2D eigenvalue weighted by molar-refractivity contribution is 5.84. The van der Waals surface area contributed by atoms with E-state index in [0.717, 1.165) is 0 Å². The number of hydrogen-bond donors (Lipinski definition) is 3. The molecule has 1 fully saturated rings. The molecule has 1 saturated carbocycles. The Kier molecular flexibility index (Phi) is 3.31. The molecule has 0 heterocycles. The molecule has 3 N–H and O–H groups in total. The van der Waals surface area contributed by atoms with E-state index < -0.39 is 41.6 Å². The van der Waals surface area contributed by atoms with Gasteiger partial charge in [-0.3, -0.25) is 14.4 Å².